The highest BCUT2D eigenvalue weighted by Crippen LogP contribution is 2.25. The molecule has 0 spiro atoms. The van der Waals surface area contributed by atoms with E-state index in [2.05, 4.69) is 31.8 Å². The molecule has 7 nitrogen and oxygen atoms in total. The Balaban J connectivity index is 1.86. The molecule has 0 radical (unpaired) electrons. The average molecular weight is 273 g/mol. The van der Waals surface area contributed by atoms with Gasteiger partial charge in [-0.2, -0.15) is 5.10 Å². The molecule has 1 fully saturated rings. The molecule has 0 aliphatic carbocycles. The van der Waals surface area contributed by atoms with Crippen LogP contribution in [-0.2, 0) is 0 Å². The van der Waals surface area contributed by atoms with Crippen molar-refractivity contribution in [3.8, 4) is 5.82 Å². The maximum absolute atomic E-state index is 6.23. The van der Waals surface area contributed by atoms with E-state index in [0.717, 1.165) is 38.5 Å². The van der Waals surface area contributed by atoms with Gasteiger partial charge in [0.05, 0.1) is 0 Å². The molecule has 3 rings (SSSR count). The summed E-state index contributed by atoms with van der Waals surface area (Å²) in [6.07, 6.45) is 5.09. The van der Waals surface area contributed by atoms with E-state index in [1.807, 2.05) is 12.3 Å². The van der Waals surface area contributed by atoms with E-state index in [-0.39, 0.29) is 0 Å². The number of aromatic nitrogens is 4. The average Bonchev–Trinajstić information content (AvgIpc) is 3.02. The van der Waals surface area contributed by atoms with Gasteiger partial charge in [0.1, 0.15) is 12.0 Å². The summed E-state index contributed by atoms with van der Waals surface area (Å²) in [5.74, 6) is 1.44. The number of anilines is 2. The maximum Gasteiger partial charge on any atom is 0.181 e. The quantitative estimate of drug-likeness (QED) is 0.871. The molecular formula is C13H19N7. The SMILES string of the molecule is CCN1CCN(c2ncnc(-n3cccn3)c2N)CC1. The first-order valence-electron chi connectivity index (χ1n) is 6.87. The van der Waals surface area contributed by atoms with Crippen LogP contribution in [0.3, 0.4) is 0 Å². The van der Waals surface area contributed by atoms with Crippen molar-refractivity contribution >= 4 is 11.5 Å². The van der Waals surface area contributed by atoms with E-state index in [4.69, 9.17) is 5.73 Å². The molecule has 2 aromatic heterocycles. The molecular weight excluding hydrogens is 254 g/mol. The molecule has 0 amide bonds. The standard InChI is InChI=1S/C13H19N7/c1-2-18-6-8-19(9-7-18)12-11(14)13(16-10-15-12)20-5-3-4-17-20/h3-5,10H,2,6-9,14H2,1H3. The minimum atomic E-state index is 0.584. The Morgan fingerprint density at radius 2 is 1.90 bits per heavy atom. The van der Waals surface area contributed by atoms with Crippen LogP contribution in [0.2, 0.25) is 0 Å². The van der Waals surface area contributed by atoms with Crippen LogP contribution in [0.25, 0.3) is 5.82 Å². The zero-order valence-corrected chi connectivity index (χ0v) is 11.6. The fourth-order valence-corrected chi connectivity index (χ4v) is 2.48. The van der Waals surface area contributed by atoms with Crippen LogP contribution in [-0.4, -0.2) is 57.4 Å². The highest BCUT2D eigenvalue weighted by molar-refractivity contribution is 5.70. The third kappa shape index (κ3) is 2.32. The van der Waals surface area contributed by atoms with Gasteiger partial charge in [0, 0.05) is 38.6 Å². The molecule has 0 bridgehead atoms. The normalized spacial score (nSPS) is 16.6. The lowest BCUT2D eigenvalue weighted by Gasteiger charge is -2.35. The van der Waals surface area contributed by atoms with Crippen molar-refractivity contribution in [3.05, 3.63) is 24.8 Å². The summed E-state index contributed by atoms with van der Waals surface area (Å²) < 4.78 is 1.67. The van der Waals surface area contributed by atoms with E-state index < -0.39 is 0 Å². The first-order valence-corrected chi connectivity index (χ1v) is 6.87. The predicted molar refractivity (Wildman–Crippen MR) is 77.9 cm³/mol. The van der Waals surface area contributed by atoms with Gasteiger partial charge in [0.15, 0.2) is 11.6 Å². The predicted octanol–water partition coefficient (Wildman–Crippen LogP) is 0.386. The Bertz CT molecular complexity index is 558. The monoisotopic (exact) mass is 273 g/mol. The van der Waals surface area contributed by atoms with E-state index in [0.29, 0.717) is 11.5 Å². The van der Waals surface area contributed by atoms with Crippen LogP contribution in [0, 0.1) is 0 Å². The number of nitrogens with two attached hydrogens (primary N) is 1. The first-order chi connectivity index (χ1) is 9.79. The van der Waals surface area contributed by atoms with Crippen molar-refractivity contribution in [2.45, 2.75) is 6.92 Å². The second-order valence-electron chi connectivity index (χ2n) is 4.81. The van der Waals surface area contributed by atoms with Crippen molar-refractivity contribution in [2.75, 3.05) is 43.4 Å². The lowest BCUT2D eigenvalue weighted by atomic mass is 10.3. The zero-order chi connectivity index (χ0) is 13.9. The lowest BCUT2D eigenvalue weighted by Crippen LogP contribution is -2.46. The smallest absolute Gasteiger partial charge is 0.181 e. The topological polar surface area (TPSA) is 76.1 Å². The summed E-state index contributed by atoms with van der Waals surface area (Å²) in [4.78, 5) is 13.2. The second kappa shape index (κ2) is 5.46. The first kappa shape index (κ1) is 12.9. The van der Waals surface area contributed by atoms with Gasteiger partial charge in [-0.05, 0) is 12.6 Å². The summed E-state index contributed by atoms with van der Waals surface area (Å²) in [5, 5.41) is 4.18. The fraction of sp³-hybridized carbons (Fsp3) is 0.462. The van der Waals surface area contributed by atoms with Gasteiger partial charge in [-0.3, -0.25) is 0 Å². The third-order valence-corrected chi connectivity index (χ3v) is 3.68. The molecule has 0 saturated carbocycles. The number of rotatable bonds is 3. The summed E-state index contributed by atoms with van der Waals surface area (Å²) in [6.45, 7) is 7.23. The van der Waals surface area contributed by atoms with Gasteiger partial charge < -0.3 is 15.5 Å². The summed E-state index contributed by atoms with van der Waals surface area (Å²) in [6, 6.07) is 1.85. The van der Waals surface area contributed by atoms with Crippen molar-refractivity contribution in [3.63, 3.8) is 0 Å². The Kier molecular flexibility index (Phi) is 3.51. The molecule has 106 valence electrons. The molecule has 7 heteroatoms. The second-order valence-corrected chi connectivity index (χ2v) is 4.81. The minimum Gasteiger partial charge on any atom is -0.393 e. The molecule has 1 aliphatic heterocycles. The van der Waals surface area contributed by atoms with Crippen LogP contribution >= 0.6 is 0 Å². The number of hydrogen-bond donors (Lipinski definition) is 1. The Hall–Kier alpha value is -2.15. The largest absolute Gasteiger partial charge is 0.393 e. The summed E-state index contributed by atoms with van der Waals surface area (Å²) in [5.41, 5.74) is 6.82. The van der Waals surface area contributed by atoms with Gasteiger partial charge in [-0.15, -0.1) is 0 Å². The Labute approximate surface area is 118 Å². The molecule has 0 aromatic carbocycles. The third-order valence-electron chi connectivity index (χ3n) is 3.68. The van der Waals surface area contributed by atoms with Crippen LogP contribution in [0.1, 0.15) is 6.92 Å². The highest BCUT2D eigenvalue weighted by Gasteiger charge is 2.20. The van der Waals surface area contributed by atoms with Crippen molar-refractivity contribution in [1.82, 2.24) is 24.6 Å². The number of hydrogen-bond acceptors (Lipinski definition) is 6. The highest BCUT2D eigenvalue weighted by atomic mass is 15.3. The molecule has 2 N–H and O–H groups in total. The van der Waals surface area contributed by atoms with Crippen LogP contribution in [0.15, 0.2) is 24.8 Å². The van der Waals surface area contributed by atoms with Crippen LogP contribution < -0.4 is 10.6 Å². The molecule has 20 heavy (non-hydrogen) atoms. The number of piperazine rings is 1. The molecule has 3 heterocycles. The minimum absolute atomic E-state index is 0.584. The van der Waals surface area contributed by atoms with Gasteiger partial charge in [0.25, 0.3) is 0 Å². The fourth-order valence-electron chi connectivity index (χ4n) is 2.48. The zero-order valence-electron chi connectivity index (χ0n) is 11.6. The maximum atomic E-state index is 6.23. The van der Waals surface area contributed by atoms with Gasteiger partial charge in [-0.1, -0.05) is 6.92 Å². The number of nitrogen functional groups attached to an aromatic ring is 1. The molecule has 0 unspecified atom stereocenters. The lowest BCUT2D eigenvalue weighted by molar-refractivity contribution is 0.270. The van der Waals surface area contributed by atoms with Crippen LogP contribution in [0.5, 0.6) is 0 Å². The van der Waals surface area contributed by atoms with Crippen LogP contribution in [0.4, 0.5) is 11.5 Å². The molecule has 0 atom stereocenters. The molecule has 2 aromatic rings. The van der Waals surface area contributed by atoms with Crippen molar-refractivity contribution in [2.24, 2.45) is 0 Å². The van der Waals surface area contributed by atoms with Gasteiger partial charge >= 0.3 is 0 Å². The summed E-state index contributed by atoms with van der Waals surface area (Å²) >= 11 is 0. The van der Waals surface area contributed by atoms with E-state index >= 15 is 0 Å². The summed E-state index contributed by atoms with van der Waals surface area (Å²) in [7, 11) is 0. The van der Waals surface area contributed by atoms with E-state index in [1.54, 1.807) is 17.2 Å². The van der Waals surface area contributed by atoms with Gasteiger partial charge in [0.2, 0.25) is 0 Å². The van der Waals surface area contributed by atoms with Gasteiger partial charge in [-0.25, -0.2) is 14.6 Å². The van der Waals surface area contributed by atoms with Crippen molar-refractivity contribution < 1.29 is 0 Å². The number of nitrogens with zero attached hydrogens (tertiary/aromatic N) is 6. The van der Waals surface area contributed by atoms with E-state index in [1.165, 1.54) is 0 Å². The Morgan fingerprint density at radius 3 is 2.55 bits per heavy atom. The molecule has 1 saturated heterocycles. The Morgan fingerprint density at radius 1 is 1.15 bits per heavy atom. The van der Waals surface area contributed by atoms with E-state index in [9.17, 15) is 0 Å². The molecule has 1 aliphatic rings. The number of likely N-dealkylation sites (N-methyl/N-ethyl adjacent to an activating group) is 1. The van der Waals surface area contributed by atoms with Crippen molar-refractivity contribution in [1.29, 1.82) is 0 Å².